The van der Waals surface area contributed by atoms with Gasteiger partial charge in [-0.25, -0.2) is 9.59 Å². The van der Waals surface area contributed by atoms with Crippen molar-refractivity contribution in [2.75, 3.05) is 19.0 Å². The molecule has 1 atom stereocenters. The first-order chi connectivity index (χ1) is 14.2. The summed E-state index contributed by atoms with van der Waals surface area (Å²) in [5.74, 6) is -1.67. The molecule has 1 unspecified atom stereocenters. The van der Waals surface area contributed by atoms with Crippen molar-refractivity contribution < 1.29 is 29.0 Å². The molecule has 156 valence electrons. The van der Waals surface area contributed by atoms with E-state index in [2.05, 4.69) is 10.6 Å². The Labute approximate surface area is 172 Å². The van der Waals surface area contributed by atoms with Gasteiger partial charge in [0.15, 0.2) is 0 Å². The van der Waals surface area contributed by atoms with Crippen LogP contribution >= 0.6 is 0 Å². The smallest absolute Gasteiger partial charge is 0.335 e. The van der Waals surface area contributed by atoms with Gasteiger partial charge in [0.1, 0.15) is 17.8 Å². The summed E-state index contributed by atoms with van der Waals surface area (Å²) in [6.07, 6.45) is 0. The molecule has 9 nitrogen and oxygen atoms in total. The van der Waals surface area contributed by atoms with Crippen LogP contribution in [-0.2, 0) is 15.1 Å². The van der Waals surface area contributed by atoms with E-state index in [9.17, 15) is 19.2 Å². The number of carboxylic acid groups (broad SMARTS) is 1. The highest BCUT2D eigenvalue weighted by Gasteiger charge is 2.49. The molecule has 30 heavy (non-hydrogen) atoms. The second kappa shape index (κ2) is 7.86. The second-order valence-electron chi connectivity index (χ2n) is 7.06. The lowest BCUT2D eigenvalue weighted by Crippen LogP contribution is -2.42. The molecule has 1 fully saturated rings. The van der Waals surface area contributed by atoms with E-state index in [1.807, 2.05) is 6.92 Å². The molecule has 9 heteroatoms. The molecule has 0 radical (unpaired) electrons. The quantitative estimate of drug-likeness (QED) is 0.625. The fraction of sp³-hybridized carbons (Fsp3) is 0.238. The van der Waals surface area contributed by atoms with Crippen LogP contribution < -0.4 is 15.4 Å². The van der Waals surface area contributed by atoms with Crippen LogP contribution in [0.1, 0.15) is 28.4 Å². The predicted molar refractivity (Wildman–Crippen MR) is 107 cm³/mol. The van der Waals surface area contributed by atoms with Gasteiger partial charge in [-0.05, 0) is 55.3 Å². The lowest BCUT2D eigenvalue weighted by atomic mass is 9.90. The van der Waals surface area contributed by atoms with Crippen LogP contribution in [0.4, 0.5) is 10.5 Å². The second-order valence-corrected chi connectivity index (χ2v) is 7.06. The maximum Gasteiger partial charge on any atom is 0.335 e. The Morgan fingerprint density at radius 2 is 1.93 bits per heavy atom. The van der Waals surface area contributed by atoms with Gasteiger partial charge in [0, 0.05) is 5.69 Å². The first-order valence-corrected chi connectivity index (χ1v) is 9.08. The van der Waals surface area contributed by atoms with Gasteiger partial charge in [0.05, 0.1) is 12.7 Å². The van der Waals surface area contributed by atoms with Crippen LogP contribution in [0.5, 0.6) is 5.75 Å². The number of carboxylic acids is 1. The van der Waals surface area contributed by atoms with Gasteiger partial charge in [-0.2, -0.15) is 0 Å². The van der Waals surface area contributed by atoms with Crippen molar-refractivity contribution >= 4 is 29.5 Å². The molecule has 0 aliphatic carbocycles. The minimum Gasteiger partial charge on any atom is -0.496 e. The number of ether oxygens (including phenoxy) is 1. The maximum absolute atomic E-state index is 13.0. The summed E-state index contributed by atoms with van der Waals surface area (Å²) < 4.78 is 5.22. The largest absolute Gasteiger partial charge is 0.496 e. The molecule has 1 heterocycles. The summed E-state index contributed by atoms with van der Waals surface area (Å²) in [5, 5.41) is 14.2. The fourth-order valence-electron chi connectivity index (χ4n) is 3.30. The summed E-state index contributed by atoms with van der Waals surface area (Å²) in [4.78, 5) is 49.7. The van der Waals surface area contributed by atoms with E-state index in [4.69, 9.17) is 9.84 Å². The first-order valence-electron chi connectivity index (χ1n) is 9.08. The molecule has 1 aliphatic heterocycles. The van der Waals surface area contributed by atoms with Crippen molar-refractivity contribution in [3.63, 3.8) is 0 Å². The van der Waals surface area contributed by atoms with Crippen molar-refractivity contribution in [1.29, 1.82) is 0 Å². The van der Waals surface area contributed by atoms with Crippen molar-refractivity contribution in [3.05, 3.63) is 59.2 Å². The minimum atomic E-state index is -1.32. The van der Waals surface area contributed by atoms with Gasteiger partial charge in [0.25, 0.3) is 5.91 Å². The van der Waals surface area contributed by atoms with E-state index >= 15 is 0 Å². The molecule has 3 N–H and O–H groups in total. The monoisotopic (exact) mass is 411 g/mol. The van der Waals surface area contributed by atoms with Gasteiger partial charge >= 0.3 is 12.0 Å². The van der Waals surface area contributed by atoms with Gasteiger partial charge in [-0.3, -0.25) is 14.5 Å². The number of amides is 4. The van der Waals surface area contributed by atoms with E-state index in [1.165, 1.54) is 24.3 Å². The highest BCUT2D eigenvalue weighted by molar-refractivity contribution is 6.10. The number of nitrogens with zero attached hydrogens (tertiary/aromatic N) is 1. The Balaban J connectivity index is 1.76. The Morgan fingerprint density at radius 1 is 1.20 bits per heavy atom. The number of aryl methyl sites for hydroxylation is 1. The average Bonchev–Trinajstić information content (AvgIpc) is 2.92. The summed E-state index contributed by atoms with van der Waals surface area (Å²) in [7, 11) is 1.54. The average molecular weight is 411 g/mol. The number of methoxy groups -OCH3 is 1. The number of imide groups is 1. The highest BCUT2D eigenvalue weighted by atomic mass is 16.5. The van der Waals surface area contributed by atoms with Crippen molar-refractivity contribution in [2.24, 2.45) is 0 Å². The summed E-state index contributed by atoms with van der Waals surface area (Å²) >= 11 is 0. The molecule has 0 saturated carbocycles. The van der Waals surface area contributed by atoms with E-state index in [0.717, 1.165) is 10.5 Å². The zero-order chi connectivity index (χ0) is 22.1. The summed E-state index contributed by atoms with van der Waals surface area (Å²) in [6, 6.07) is 10.1. The van der Waals surface area contributed by atoms with Gasteiger partial charge in [0.2, 0.25) is 5.91 Å². The third kappa shape index (κ3) is 3.82. The molecule has 0 spiro atoms. The van der Waals surface area contributed by atoms with Crippen LogP contribution in [0.15, 0.2) is 42.5 Å². The Bertz CT molecular complexity index is 1050. The predicted octanol–water partition coefficient (Wildman–Crippen LogP) is 2.11. The lowest BCUT2D eigenvalue weighted by Gasteiger charge is -2.23. The Kier molecular flexibility index (Phi) is 5.46. The molecule has 3 rings (SSSR count). The normalized spacial score (nSPS) is 18.2. The molecule has 1 aliphatic rings. The van der Waals surface area contributed by atoms with Crippen molar-refractivity contribution in [1.82, 2.24) is 10.2 Å². The topological polar surface area (TPSA) is 125 Å². The number of carbonyl (C=O) groups is 4. The molecule has 2 aromatic carbocycles. The maximum atomic E-state index is 13.0. The molecule has 0 aromatic heterocycles. The zero-order valence-corrected chi connectivity index (χ0v) is 16.7. The molecular weight excluding hydrogens is 390 g/mol. The van der Waals surface area contributed by atoms with E-state index < -0.39 is 35.9 Å². The molecule has 4 amide bonds. The number of anilines is 1. The number of nitrogens with one attached hydrogen (secondary N) is 2. The van der Waals surface area contributed by atoms with Gasteiger partial charge in [-0.1, -0.05) is 12.1 Å². The fourth-order valence-corrected chi connectivity index (χ4v) is 3.30. The van der Waals surface area contributed by atoms with E-state index in [1.54, 1.807) is 32.2 Å². The summed E-state index contributed by atoms with van der Waals surface area (Å²) in [6.45, 7) is 2.89. The van der Waals surface area contributed by atoms with Crippen LogP contribution in [0.3, 0.4) is 0 Å². The number of rotatable bonds is 6. The number of carbonyl (C=O) groups excluding carboxylic acids is 3. The Hall–Kier alpha value is -3.88. The van der Waals surface area contributed by atoms with E-state index in [0.29, 0.717) is 11.3 Å². The molecular formula is C21H21N3O6. The number of benzene rings is 2. The molecule has 1 saturated heterocycles. The van der Waals surface area contributed by atoms with Gasteiger partial charge in [-0.15, -0.1) is 0 Å². The van der Waals surface area contributed by atoms with Crippen LogP contribution in [0, 0.1) is 6.92 Å². The zero-order valence-electron chi connectivity index (χ0n) is 16.7. The number of hydrogen-bond acceptors (Lipinski definition) is 5. The third-order valence-electron chi connectivity index (χ3n) is 4.94. The molecule has 2 aromatic rings. The van der Waals surface area contributed by atoms with Crippen molar-refractivity contribution in [2.45, 2.75) is 19.4 Å². The Morgan fingerprint density at radius 3 is 2.57 bits per heavy atom. The van der Waals surface area contributed by atoms with E-state index in [-0.39, 0.29) is 11.3 Å². The molecule has 0 bridgehead atoms. The van der Waals surface area contributed by atoms with Crippen molar-refractivity contribution in [3.8, 4) is 5.75 Å². The lowest BCUT2D eigenvalue weighted by molar-refractivity contribution is -0.133. The highest BCUT2D eigenvalue weighted by Crippen LogP contribution is 2.31. The number of urea groups is 1. The minimum absolute atomic E-state index is 0.00485. The number of hydrogen-bond donors (Lipinski definition) is 3. The SMILES string of the molecule is COc1ccc(C2(C)NC(=O)N(CC(=O)Nc3cccc(C(=O)O)c3)C2=O)cc1C. The first kappa shape index (κ1) is 20.8. The van der Waals surface area contributed by atoms with Crippen LogP contribution in [-0.4, -0.2) is 47.5 Å². The number of aromatic carboxylic acids is 1. The van der Waals surface area contributed by atoms with Crippen LogP contribution in [0.2, 0.25) is 0 Å². The summed E-state index contributed by atoms with van der Waals surface area (Å²) in [5.41, 5.74) is 0.298. The third-order valence-corrected chi connectivity index (χ3v) is 4.94. The van der Waals surface area contributed by atoms with Gasteiger partial charge < -0.3 is 20.5 Å². The van der Waals surface area contributed by atoms with Crippen LogP contribution in [0.25, 0.3) is 0 Å². The standard InChI is InChI=1S/C21H21N3O6/c1-12-9-14(7-8-16(12)30-3)21(2)19(28)24(20(29)23-21)11-17(25)22-15-6-4-5-13(10-15)18(26)27/h4-10H,11H2,1-3H3,(H,22,25)(H,23,29)(H,26,27).